The number of aryl methyl sites for hydroxylation is 2. The van der Waals surface area contributed by atoms with Gasteiger partial charge in [0.25, 0.3) is 5.88 Å². The third-order valence-corrected chi connectivity index (χ3v) is 2.25. The minimum absolute atomic E-state index is 0.172. The lowest BCUT2D eigenvalue weighted by molar-refractivity contribution is 0.101. The van der Waals surface area contributed by atoms with Gasteiger partial charge in [0, 0.05) is 12.6 Å². The molecular weight excluding hydrogens is 220 g/mol. The first-order valence-corrected chi connectivity index (χ1v) is 5.12. The van der Waals surface area contributed by atoms with E-state index in [1.165, 1.54) is 6.92 Å². The van der Waals surface area contributed by atoms with E-state index < -0.39 is 0 Å². The van der Waals surface area contributed by atoms with Crippen LogP contribution < -0.4 is 4.74 Å². The van der Waals surface area contributed by atoms with E-state index in [0.29, 0.717) is 5.75 Å². The molecule has 0 saturated carbocycles. The van der Waals surface area contributed by atoms with Gasteiger partial charge in [0.05, 0.1) is 5.69 Å². The van der Waals surface area contributed by atoms with Gasteiger partial charge in [-0.2, -0.15) is 0 Å². The second-order valence-electron chi connectivity index (χ2n) is 3.69. The molecule has 0 aromatic carbocycles. The number of aromatic nitrogens is 4. The highest BCUT2D eigenvalue weighted by atomic mass is 16.5. The van der Waals surface area contributed by atoms with Gasteiger partial charge in [0.15, 0.2) is 17.2 Å². The summed E-state index contributed by atoms with van der Waals surface area (Å²) in [4.78, 5) is 15.5. The van der Waals surface area contributed by atoms with Crippen molar-refractivity contribution < 1.29 is 9.53 Å². The number of ether oxygens (including phenoxy) is 1. The first-order chi connectivity index (χ1) is 8.08. The van der Waals surface area contributed by atoms with Crippen LogP contribution >= 0.6 is 0 Å². The SMILES string of the molecule is CC(=O)c1[nH]nnc1Oc1ccc(C)nc1C. The second-order valence-corrected chi connectivity index (χ2v) is 3.69. The number of H-pyrrole nitrogens is 1. The van der Waals surface area contributed by atoms with Crippen LogP contribution in [-0.4, -0.2) is 26.2 Å². The van der Waals surface area contributed by atoms with Crippen LogP contribution in [0.1, 0.15) is 28.8 Å². The van der Waals surface area contributed by atoms with Gasteiger partial charge in [0.1, 0.15) is 0 Å². The third-order valence-electron chi connectivity index (χ3n) is 2.25. The molecule has 0 fully saturated rings. The Bertz CT molecular complexity index is 562. The molecule has 2 rings (SSSR count). The molecule has 0 aliphatic rings. The van der Waals surface area contributed by atoms with Crippen LogP contribution in [-0.2, 0) is 0 Å². The molecule has 0 atom stereocenters. The van der Waals surface area contributed by atoms with Gasteiger partial charge >= 0.3 is 0 Å². The Morgan fingerprint density at radius 1 is 1.35 bits per heavy atom. The number of nitrogens with zero attached hydrogens (tertiary/aromatic N) is 3. The monoisotopic (exact) mass is 232 g/mol. The zero-order chi connectivity index (χ0) is 12.4. The first kappa shape index (κ1) is 11.3. The van der Waals surface area contributed by atoms with Crippen molar-refractivity contribution >= 4 is 5.78 Å². The number of ketones is 1. The van der Waals surface area contributed by atoms with Crippen molar-refractivity contribution in [3.05, 3.63) is 29.2 Å². The summed E-state index contributed by atoms with van der Waals surface area (Å²) in [6.45, 7) is 5.14. The van der Waals surface area contributed by atoms with Gasteiger partial charge in [0.2, 0.25) is 0 Å². The average molecular weight is 232 g/mol. The normalized spacial score (nSPS) is 10.3. The van der Waals surface area contributed by atoms with E-state index in [0.717, 1.165) is 11.4 Å². The van der Waals surface area contributed by atoms with Crippen LogP contribution in [0.4, 0.5) is 0 Å². The molecule has 0 spiro atoms. The van der Waals surface area contributed by atoms with Crippen molar-refractivity contribution in [3.8, 4) is 11.6 Å². The topological polar surface area (TPSA) is 80.8 Å². The summed E-state index contributed by atoms with van der Waals surface area (Å²) in [5, 5.41) is 9.77. The number of Topliss-reactive ketones (excluding diaryl/α,β-unsaturated/α-hetero) is 1. The lowest BCUT2D eigenvalue weighted by atomic mass is 10.3. The molecule has 2 heterocycles. The minimum Gasteiger partial charge on any atom is -0.434 e. The van der Waals surface area contributed by atoms with Crippen LogP contribution in [0.25, 0.3) is 0 Å². The number of hydrogen-bond donors (Lipinski definition) is 1. The Morgan fingerprint density at radius 3 is 2.76 bits per heavy atom. The van der Waals surface area contributed by atoms with E-state index >= 15 is 0 Å². The number of nitrogens with one attached hydrogen (secondary N) is 1. The molecule has 2 aromatic heterocycles. The molecule has 6 nitrogen and oxygen atoms in total. The molecule has 6 heteroatoms. The Labute approximate surface area is 98.0 Å². The second kappa shape index (κ2) is 4.32. The Morgan fingerprint density at radius 2 is 2.12 bits per heavy atom. The van der Waals surface area contributed by atoms with E-state index in [1.807, 2.05) is 19.9 Å². The lowest BCUT2D eigenvalue weighted by Crippen LogP contribution is -1.98. The van der Waals surface area contributed by atoms with Crippen molar-refractivity contribution in [2.24, 2.45) is 0 Å². The number of rotatable bonds is 3. The van der Waals surface area contributed by atoms with Crippen molar-refractivity contribution in [1.82, 2.24) is 20.4 Å². The summed E-state index contributed by atoms with van der Waals surface area (Å²) in [5.41, 5.74) is 1.90. The highest BCUT2D eigenvalue weighted by molar-refractivity contribution is 5.94. The van der Waals surface area contributed by atoms with E-state index in [-0.39, 0.29) is 17.4 Å². The van der Waals surface area contributed by atoms with Gasteiger partial charge in [-0.15, -0.1) is 0 Å². The summed E-state index contributed by atoms with van der Waals surface area (Å²) in [6.07, 6.45) is 0. The predicted molar refractivity (Wildman–Crippen MR) is 60.2 cm³/mol. The van der Waals surface area contributed by atoms with Crippen LogP contribution in [0.2, 0.25) is 0 Å². The molecule has 17 heavy (non-hydrogen) atoms. The average Bonchev–Trinajstić information content (AvgIpc) is 2.70. The van der Waals surface area contributed by atoms with Crippen molar-refractivity contribution in [2.75, 3.05) is 0 Å². The maximum absolute atomic E-state index is 11.2. The van der Waals surface area contributed by atoms with E-state index in [4.69, 9.17) is 4.74 Å². The van der Waals surface area contributed by atoms with Gasteiger partial charge in [-0.25, -0.2) is 0 Å². The number of pyridine rings is 1. The molecule has 0 saturated heterocycles. The van der Waals surface area contributed by atoms with Gasteiger partial charge < -0.3 is 4.74 Å². The fourth-order valence-corrected chi connectivity index (χ4v) is 1.40. The molecule has 1 N–H and O–H groups in total. The maximum atomic E-state index is 11.2. The van der Waals surface area contributed by atoms with Crippen molar-refractivity contribution in [2.45, 2.75) is 20.8 Å². The van der Waals surface area contributed by atoms with Gasteiger partial charge in [-0.05, 0) is 26.0 Å². The standard InChI is InChI=1S/C11H12N4O2/c1-6-4-5-9(7(2)12-6)17-11-10(8(3)16)13-15-14-11/h4-5H,1-3H3,(H,13,14,15). The maximum Gasteiger partial charge on any atom is 0.269 e. The van der Waals surface area contributed by atoms with E-state index in [1.54, 1.807) is 6.07 Å². The quantitative estimate of drug-likeness (QED) is 0.816. The molecule has 0 aliphatic heterocycles. The third kappa shape index (κ3) is 2.30. The summed E-state index contributed by atoms with van der Waals surface area (Å²) >= 11 is 0. The van der Waals surface area contributed by atoms with Crippen molar-refractivity contribution in [1.29, 1.82) is 0 Å². The fourth-order valence-electron chi connectivity index (χ4n) is 1.40. The molecule has 0 aliphatic carbocycles. The van der Waals surface area contributed by atoms with Crippen LogP contribution in [0.5, 0.6) is 11.6 Å². The summed E-state index contributed by atoms with van der Waals surface area (Å²) in [5.74, 6) is 0.556. The number of aromatic amines is 1. The van der Waals surface area contributed by atoms with Gasteiger partial charge in [-0.3, -0.25) is 14.9 Å². The Kier molecular flexibility index (Phi) is 2.86. The zero-order valence-corrected chi connectivity index (χ0v) is 9.81. The molecule has 0 amide bonds. The minimum atomic E-state index is -0.178. The van der Waals surface area contributed by atoms with Crippen LogP contribution in [0, 0.1) is 13.8 Å². The van der Waals surface area contributed by atoms with Crippen LogP contribution in [0.15, 0.2) is 12.1 Å². The summed E-state index contributed by atoms with van der Waals surface area (Å²) in [7, 11) is 0. The fraction of sp³-hybridized carbons (Fsp3) is 0.273. The molecule has 0 unspecified atom stereocenters. The Balaban J connectivity index is 2.31. The largest absolute Gasteiger partial charge is 0.434 e. The van der Waals surface area contributed by atoms with Gasteiger partial charge in [-0.1, -0.05) is 10.3 Å². The molecule has 88 valence electrons. The van der Waals surface area contributed by atoms with Crippen LogP contribution in [0.3, 0.4) is 0 Å². The molecule has 0 bridgehead atoms. The molecular formula is C11H12N4O2. The smallest absolute Gasteiger partial charge is 0.269 e. The molecule has 0 radical (unpaired) electrons. The van der Waals surface area contributed by atoms with Crippen molar-refractivity contribution in [3.63, 3.8) is 0 Å². The predicted octanol–water partition coefficient (Wildman–Crippen LogP) is 1.81. The number of carbonyl (C=O) groups excluding carboxylic acids is 1. The number of hydrogen-bond acceptors (Lipinski definition) is 5. The number of carbonyl (C=O) groups is 1. The summed E-state index contributed by atoms with van der Waals surface area (Å²) in [6, 6.07) is 3.62. The first-order valence-electron chi connectivity index (χ1n) is 5.12. The zero-order valence-electron chi connectivity index (χ0n) is 9.81. The Hall–Kier alpha value is -2.24. The highest BCUT2D eigenvalue weighted by Crippen LogP contribution is 2.24. The summed E-state index contributed by atoms with van der Waals surface area (Å²) < 4.78 is 5.51. The van der Waals surface area contributed by atoms with E-state index in [9.17, 15) is 4.79 Å². The van der Waals surface area contributed by atoms with E-state index in [2.05, 4.69) is 20.4 Å². The highest BCUT2D eigenvalue weighted by Gasteiger charge is 2.14. The molecule has 2 aromatic rings. The lowest BCUT2D eigenvalue weighted by Gasteiger charge is -2.06.